The molecule has 140 valence electrons. The molecule has 3 saturated heterocycles. The molecule has 0 aliphatic carbocycles. The summed E-state index contributed by atoms with van der Waals surface area (Å²) in [5.41, 5.74) is 3.18. The molecule has 3 aliphatic rings. The van der Waals surface area contributed by atoms with Crippen LogP contribution in [0.4, 0.5) is 0 Å². The van der Waals surface area contributed by atoms with E-state index in [9.17, 15) is 4.79 Å². The fourth-order valence-electron chi connectivity index (χ4n) is 4.40. The summed E-state index contributed by atoms with van der Waals surface area (Å²) in [6.45, 7) is 6.91. The molecular weight excluding hydrogens is 344 g/mol. The lowest BCUT2D eigenvalue weighted by Crippen LogP contribution is -2.57. The van der Waals surface area contributed by atoms with Crippen molar-refractivity contribution in [2.24, 2.45) is 5.92 Å². The maximum atomic E-state index is 13.0. The van der Waals surface area contributed by atoms with Gasteiger partial charge in [-0.25, -0.2) is 4.98 Å². The van der Waals surface area contributed by atoms with E-state index in [1.54, 1.807) is 6.07 Å². The predicted octanol–water partition coefficient (Wildman–Crippen LogP) is 2.92. The number of para-hydroxylation sites is 1. The highest BCUT2D eigenvalue weighted by Crippen LogP contribution is 2.31. The normalized spacial score (nSPS) is 24.4. The van der Waals surface area contributed by atoms with Crippen LogP contribution in [0.25, 0.3) is 22.6 Å². The van der Waals surface area contributed by atoms with Crippen molar-refractivity contribution in [1.82, 2.24) is 20.4 Å². The van der Waals surface area contributed by atoms with Crippen LogP contribution in [0.2, 0.25) is 0 Å². The van der Waals surface area contributed by atoms with Gasteiger partial charge in [0.2, 0.25) is 5.89 Å². The molecule has 27 heavy (non-hydrogen) atoms. The maximum absolute atomic E-state index is 13.0. The zero-order valence-corrected chi connectivity index (χ0v) is 15.5. The molecule has 3 aliphatic heterocycles. The van der Waals surface area contributed by atoms with Crippen molar-refractivity contribution in [1.29, 1.82) is 0 Å². The summed E-state index contributed by atoms with van der Waals surface area (Å²) < 4.78 is 11.1. The number of nitrogens with zero attached hydrogens (tertiary/aromatic N) is 3. The molecule has 3 aromatic rings. The lowest BCUT2D eigenvalue weighted by molar-refractivity contribution is 0.0621. The number of carbonyl (C=O) groups excluding carboxylic acids is 1. The zero-order valence-electron chi connectivity index (χ0n) is 15.5. The molecule has 1 aromatic carbocycles. The fourth-order valence-corrected chi connectivity index (χ4v) is 4.40. The Labute approximate surface area is 156 Å². The molecule has 1 atom stereocenters. The smallest absolute Gasteiger partial charge is 0.253 e. The minimum Gasteiger partial charge on any atom is -0.436 e. The predicted molar refractivity (Wildman–Crippen MR) is 99.4 cm³/mol. The minimum absolute atomic E-state index is 0.0852. The number of hydrogen-bond acceptors (Lipinski definition) is 6. The van der Waals surface area contributed by atoms with Crippen molar-refractivity contribution in [3.05, 3.63) is 35.2 Å². The average molecular weight is 366 g/mol. The SMILES string of the molecule is Cc1noc(C)c1-c1nc2c(C(=O)N[C@H]3CN4CCC3CC4)cccc2o1. The number of carbonyl (C=O) groups is 1. The van der Waals surface area contributed by atoms with Gasteiger partial charge < -0.3 is 19.2 Å². The molecule has 1 amide bonds. The third kappa shape index (κ3) is 2.73. The Hall–Kier alpha value is -2.67. The molecule has 7 nitrogen and oxygen atoms in total. The number of oxazole rings is 1. The molecular formula is C20H22N4O3. The van der Waals surface area contributed by atoms with Gasteiger partial charge in [0.05, 0.1) is 11.3 Å². The topological polar surface area (TPSA) is 84.4 Å². The number of aryl methyl sites for hydroxylation is 2. The Kier molecular flexibility index (Phi) is 3.79. The quantitative estimate of drug-likeness (QED) is 0.767. The third-order valence-electron chi connectivity index (χ3n) is 5.88. The molecule has 3 fully saturated rings. The lowest BCUT2D eigenvalue weighted by Gasteiger charge is -2.44. The first-order valence-electron chi connectivity index (χ1n) is 9.46. The first kappa shape index (κ1) is 16.5. The highest BCUT2D eigenvalue weighted by molar-refractivity contribution is 6.05. The summed E-state index contributed by atoms with van der Waals surface area (Å²) >= 11 is 0. The first-order chi connectivity index (χ1) is 13.1. The van der Waals surface area contributed by atoms with E-state index in [1.807, 2.05) is 26.0 Å². The Balaban J connectivity index is 1.47. The van der Waals surface area contributed by atoms with Gasteiger partial charge in [-0.05, 0) is 57.8 Å². The summed E-state index contributed by atoms with van der Waals surface area (Å²) in [5.74, 6) is 1.58. The van der Waals surface area contributed by atoms with Gasteiger partial charge in [-0.15, -0.1) is 0 Å². The molecule has 7 heteroatoms. The molecule has 2 aromatic heterocycles. The fraction of sp³-hybridized carbons (Fsp3) is 0.450. The standard InChI is InChI=1S/C20H22N4O3/c1-11-17(12(2)27-23-11)20-22-18-14(4-3-5-16(18)26-20)19(25)21-15-10-24-8-6-13(15)7-9-24/h3-5,13,15H,6-10H2,1-2H3,(H,21,25)/t15-/m0/s1. The number of fused-ring (bicyclic) bond motifs is 4. The molecule has 0 spiro atoms. The third-order valence-corrected chi connectivity index (χ3v) is 5.88. The summed E-state index contributed by atoms with van der Waals surface area (Å²) in [4.78, 5) is 20.0. The molecule has 0 unspecified atom stereocenters. The molecule has 1 N–H and O–H groups in total. The monoisotopic (exact) mass is 366 g/mol. The zero-order chi connectivity index (χ0) is 18.5. The van der Waals surface area contributed by atoms with Crippen LogP contribution in [0.3, 0.4) is 0 Å². The average Bonchev–Trinajstić information content (AvgIpc) is 3.24. The second-order valence-corrected chi connectivity index (χ2v) is 7.59. The van der Waals surface area contributed by atoms with Gasteiger partial charge in [-0.3, -0.25) is 4.79 Å². The minimum atomic E-state index is -0.0852. The Bertz CT molecular complexity index is 994. The first-order valence-corrected chi connectivity index (χ1v) is 9.46. The van der Waals surface area contributed by atoms with Gasteiger partial charge in [0, 0.05) is 12.6 Å². The number of piperidine rings is 3. The maximum Gasteiger partial charge on any atom is 0.253 e. The summed E-state index contributed by atoms with van der Waals surface area (Å²) in [6, 6.07) is 5.67. The van der Waals surface area contributed by atoms with E-state index in [1.165, 1.54) is 0 Å². The van der Waals surface area contributed by atoms with E-state index in [0.717, 1.165) is 43.7 Å². The van der Waals surface area contributed by atoms with Crippen LogP contribution < -0.4 is 5.32 Å². The van der Waals surface area contributed by atoms with Crippen LogP contribution >= 0.6 is 0 Å². The number of rotatable bonds is 3. The number of benzene rings is 1. The van der Waals surface area contributed by atoms with E-state index in [0.29, 0.717) is 34.2 Å². The Morgan fingerprint density at radius 3 is 2.74 bits per heavy atom. The lowest BCUT2D eigenvalue weighted by atomic mass is 9.84. The van der Waals surface area contributed by atoms with Crippen molar-refractivity contribution in [3.8, 4) is 11.5 Å². The van der Waals surface area contributed by atoms with Crippen molar-refractivity contribution in [3.63, 3.8) is 0 Å². The van der Waals surface area contributed by atoms with Crippen molar-refractivity contribution in [2.75, 3.05) is 19.6 Å². The second kappa shape index (κ2) is 6.20. The molecule has 2 bridgehead atoms. The van der Waals surface area contributed by atoms with E-state index >= 15 is 0 Å². The van der Waals surface area contributed by atoms with Crippen LogP contribution in [0.1, 0.15) is 34.7 Å². The number of amides is 1. The van der Waals surface area contributed by atoms with Crippen LogP contribution in [0.15, 0.2) is 27.1 Å². The Morgan fingerprint density at radius 2 is 2.07 bits per heavy atom. The van der Waals surface area contributed by atoms with Gasteiger partial charge >= 0.3 is 0 Å². The number of hydrogen-bond donors (Lipinski definition) is 1. The largest absolute Gasteiger partial charge is 0.436 e. The van der Waals surface area contributed by atoms with Gasteiger partial charge in [0.1, 0.15) is 16.8 Å². The molecule has 5 heterocycles. The van der Waals surface area contributed by atoms with Crippen molar-refractivity contribution in [2.45, 2.75) is 32.7 Å². The Morgan fingerprint density at radius 1 is 1.26 bits per heavy atom. The number of aromatic nitrogens is 2. The highest BCUT2D eigenvalue weighted by atomic mass is 16.5. The van der Waals surface area contributed by atoms with Crippen LogP contribution in [0.5, 0.6) is 0 Å². The highest BCUT2D eigenvalue weighted by Gasteiger charge is 2.35. The second-order valence-electron chi connectivity index (χ2n) is 7.59. The van der Waals surface area contributed by atoms with Crippen LogP contribution in [-0.2, 0) is 0 Å². The van der Waals surface area contributed by atoms with E-state index in [4.69, 9.17) is 8.94 Å². The van der Waals surface area contributed by atoms with E-state index in [2.05, 4.69) is 20.4 Å². The van der Waals surface area contributed by atoms with Gasteiger partial charge in [-0.2, -0.15) is 0 Å². The van der Waals surface area contributed by atoms with Gasteiger partial charge in [-0.1, -0.05) is 11.2 Å². The van der Waals surface area contributed by atoms with E-state index in [-0.39, 0.29) is 11.9 Å². The van der Waals surface area contributed by atoms with Crippen LogP contribution in [0, 0.1) is 19.8 Å². The molecule has 6 rings (SSSR count). The van der Waals surface area contributed by atoms with Gasteiger partial charge in [0.25, 0.3) is 5.91 Å². The molecule has 0 saturated carbocycles. The van der Waals surface area contributed by atoms with Crippen molar-refractivity contribution >= 4 is 17.0 Å². The summed E-state index contributed by atoms with van der Waals surface area (Å²) in [5, 5.41) is 7.19. The number of nitrogens with one attached hydrogen (secondary N) is 1. The van der Waals surface area contributed by atoms with E-state index < -0.39 is 0 Å². The summed E-state index contributed by atoms with van der Waals surface area (Å²) in [7, 11) is 0. The van der Waals surface area contributed by atoms with Crippen molar-refractivity contribution < 1.29 is 13.7 Å². The summed E-state index contributed by atoms with van der Waals surface area (Å²) in [6.07, 6.45) is 2.32. The van der Waals surface area contributed by atoms with Gasteiger partial charge in [0.15, 0.2) is 5.58 Å². The van der Waals surface area contributed by atoms with Crippen LogP contribution in [-0.4, -0.2) is 46.6 Å². The molecule has 0 radical (unpaired) electrons.